The SMILES string of the molecule is NC(=S)c1ccc(S(=O)(=O)Nc2cc(F)cc(F)c2)cn1. The number of hydrogen-bond acceptors (Lipinski definition) is 4. The first kappa shape index (κ1) is 15.3. The van der Waals surface area contributed by atoms with E-state index in [2.05, 4.69) is 9.71 Å². The van der Waals surface area contributed by atoms with Gasteiger partial charge in [-0.25, -0.2) is 17.2 Å². The third-order valence-corrected chi connectivity index (χ3v) is 3.99. The first-order chi connectivity index (χ1) is 9.78. The Hall–Kier alpha value is -2.13. The predicted molar refractivity (Wildman–Crippen MR) is 77.3 cm³/mol. The molecule has 0 atom stereocenters. The van der Waals surface area contributed by atoms with Crippen molar-refractivity contribution in [3.8, 4) is 0 Å². The number of hydrogen-bond donors (Lipinski definition) is 2. The molecule has 1 aromatic heterocycles. The first-order valence-electron chi connectivity index (χ1n) is 5.53. The molecule has 2 rings (SSSR count). The molecule has 0 aliphatic carbocycles. The maximum absolute atomic E-state index is 13.0. The van der Waals surface area contributed by atoms with E-state index < -0.39 is 21.7 Å². The molecule has 1 aromatic carbocycles. The lowest BCUT2D eigenvalue weighted by molar-refractivity contribution is 0.584. The molecule has 9 heteroatoms. The van der Waals surface area contributed by atoms with Gasteiger partial charge in [-0.2, -0.15) is 0 Å². The topological polar surface area (TPSA) is 85.1 Å². The van der Waals surface area contributed by atoms with E-state index in [-0.39, 0.29) is 21.3 Å². The Morgan fingerprint density at radius 1 is 1.19 bits per heavy atom. The summed E-state index contributed by atoms with van der Waals surface area (Å²) in [5.74, 6) is -1.79. The highest BCUT2D eigenvalue weighted by molar-refractivity contribution is 7.92. The van der Waals surface area contributed by atoms with Gasteiger partial charge in [0, 0.05) is 12.3 Å². The minimum Gasteiger partial charge on any atom is -0.388 e. The molecule has 0 aliphatic heterocycles. The fourth-order valence-electron chi connectivity index (χ4n) is 1.51. The van der Waals surface area contributed by atoms with Gasteiger partial charge in [0.15, 0.2) is 0 Å². The van der Waals surface area contributed by atoms with Gasteiger partial charge in [0.2, 0.25) is 0 Å². The number of rotatable bonds is 4. The van der Waals surface area contributed by atoms with E-state index in [4.69, 9.17) is 18.0 Å². The van der Waals surface area contributed by atoms with Gasteiger partial charge in [0.25, 0.3) is 10.0 Å². The van der Waals surface area contributed by atoms with Crippen molar-refractivity contribution in [1.82, 2.24) is 4.98 Å². The summed E-state index contributed by atoms with van der Waals surface area (Å²) >= 11 is 4.70. The van der Waals surface area contributed by atoms with Crippen LogP contribution in [-0.4, -0.2) is 18.4 Å². The minimum atomic E-state index is -4.02. The van der Waals surface area contributed by atoms with Gasteiger partial charge in [-0.05, 0) is 24.3 Å². The van der Waals surface area contributed by atoms with Gasteiger partial charge in [0.1, 0.15) is 21.5 Å². The molecule has 2 aromatic rings. The smallest absolute Gasteiger partial charge is 0.263 e. The molecule has 0 saturated carbocycles. The number of halogens is 2. The summed E-state index contributed by atoms with van der Waals surface area (Å²) in [6, 6.07) is 4.92. The Balaban J connectivity index is 2.31. The average Bonchev–Trinajstić information content (AvgIpc) is 2.37. The molecule has 0 spiro atoms. The molecule has 0 aliphatic rings. The molecule has 110 valence electrons. The number of nitrogens with zero attached hydrogens (tertiary/aromatic N) is 1. The van der Waals surface area contributed by atoms with E-state index in [1.165, 1.54) is 12.1 Å². The molecule has 5 nitrogen and oxygen atoms in total. The van der Waals surface area contributed by atoms with Crippen LogP contribution in [0.2, 0.25) is 0 Å². The van der Waals surface area contributed by atoms with Gasteiger partial charge >= 0.3 is 0 Å². The van der Waals surface area contributed by atoms with Crippen LogP contribution in [0.5, 0.6) is 0 Å². The van der Waals surface area contributed by atoms with Crippen LogP contribution in [0, 0.1) is 11.6 Å². The van der Waals surface area contributed by atoms with E-state index in [9.17, 15) is 17.2 Å². The van der Waals surface area contributed by atoms with Crippen LogP contribution in [0.1, 0.15) is 5.69 Å². The average molecular weight is 329 g/mol. The lowest BCUT2D eigenvalue weighted by atomic mass is 10.3. The largest absolute Gasteiger partial charge is 0.388 e. The summed E-state index contributed by atoms with van der Waals surface area (Å²) in [5.41, 5.74) is 5.38. The lowest BCUT2D eigenvalue weighted by Crippen LogP contribution is -2.15. The van der Waals surface area contributed by atoms with Crippen LogP contribution in [0.3, 0.4) is 0 Å². The normalized spacial score (nSPS) is 11.1. The molecule has 3 N–H and O–H groups in total. The van der Waals surface area contributed by atoms with E-state index in [1.807, 2.05) is 0 Å². The summed E-state index contributed by atoms with van der Waals surface area (Å²) in [5, 5.41) is 0. The standard InChI is InChI=1S/C12H9F2N3O2S2/c13-7-3-8(14)5-9(4-7)17-21(18,19)10-1-2-11(12(15)20)16-6-10/h1-6,17H,(H2,15,20). The third kappa shape index (κ3) is 3.70. The Labute approximate surface area is 124 Å². The number of thiocarbonyl (C=S) groups is 1. The zero-order valence-corrected chi connectivity index (χ0v) is 12.0. The summed E-state index contributed by atoms with van der Waals surface area (Å²) in [6.07, 6.45) is 1.05. The van der Waals surface area contributed by atoms with Crippen LogP contribution >= 0.6 is 12.2 Å². The molecule has 1 heterocycles. The van der Waals surface area contributed by atoms with Crippen molar-refractivity contribution in [2.75, 3.05) is 4.72 Å². The van der Waals surface area contributed by atoms with Crippen molar-refractivity contribution in [2.45, 2.75) is 4.90 Å². The highest BCUT2D eigenvalue weighted by Crippen LogP contribution is 2.18. The van der Waals surface area contributed by atoms with Crippen molar-refractivity contribution in [3.63, 3.8) is 0 Å². The second-order valence-electron chi connectivity index (χ2n) is 4.01. The maximum atomic E-state index is 13.0. The lowest BCUT2D eigenvalue weighted by Gasteiger charge is -2.08. The van der Waals surface area contributed by atoms with Gasteiger partial charge in [-0.3, -0.25) is 9.71 Å². The van der Waals surface area contributed by atoms with Crippen LogP contribution in [-0.2, 0) is 10.0 Å². The van der Waals surface area contributed by atoms with Gasteiger partial charge in [-0.1, -0.05) is 12.2 Å². The number of benzene rings is 1. The molecule has 0 radical (unpaired) electrons. The van der Waals surface area contributed by atoms with Crippen molar-refractivity contribution < 1.29 is 17.2 Å². The Morgan fingerprint density at radius 3 is 2.29 bits per heavy atom. The van der Waals surface area contributed by atoms with Crippen LogP contribution in [0.15, 0.2) is 41.4 Å². The molecule has 0 fully saturated rings. The summed E-state index contributed by atoms with van der Waals surface area (Å²) < 4.78 is 52.2. The maximum Gasteiger partial charge on any atom is 0.263 e. The molecule has 0 bridgehead atoms. The quantitative estimate of drug-likeness (QED) is 0.836. The number of nitrogens with one attached hydrogen (secondary N) is 1. The zero-order chi connectivity index (χ0) is 15.6. The fraction of sp³-hybridized carbons (Fsp3) is 0. The van der Waals surface area contributed by atoms with E-state index in [1.54, 1.807) is 0 Å². The fourth-order valence-corrected chi connectivity index (χ4v) is 2.62. The highest BCUT2D eigenvalue weighted by atomic mass is 32.2. The van der Waals surface area contributed by atoms with Crippen molar-refractivity contribution in [1.29, 1.82) is 0 Å². The number of sulfonamides is 1. The summed E-state index contributed by atoms with van der Waals surface area (Å²) in [7, 11) is -4.02. The Bertz CT molecular complexity index is 772. The second kappa shape index (κ2) is 5.70. The van der Waals surface area contributed by atoms with Gasteiger partial charge < -0.3 is 5.73 Å². The Morgan fingerprint density at radius 2 is 1.81 bits per heavy atom. The first-order valence-corrected chi connectivity index (χ1v) is 7.42. The minimum absolute atomic E-state index is 0.0270. The molecule has 21 heavy (non-hydrogen) atoms. The van der Waals surface area contributed by atoms with Gasteiger partial charge in [0.05, 0.1) is 11.4 Å². The van der Waals surface area contributed by atoms with Gasteiger partial charge in [-0.15, -0.1) is 0 Å². The summed E-state index contributed by atoms with van der Waals surface area (Å²) in [4.78, 5) is 3.63. The third-order valence-electron chi connectivity index (χ3n) is 2.41. The molecular weight excluding hydrogens is 320 g/mol. The number of nitrogens with two attached hydrogens (primary N) is 1. The van der Waals surface area contributed by atoms with Crippen molar-refractivity contribution in [3.05, 3.63) is 53.9 Å². The van der Waals surface area contributed by atoms with Crippen LogP contribution < -0.4 is 10.5 Å². The second-order valence-corrected chi connectivity index (χ2v) is 6.13. The molecule has 0 unspecified atom stereocenters. The van der Waals surface area contributed by atoms with E-state index >= 15 is 0 Å². The predicted octanol–water partition coefficient (Wildman–Crippen LogP) is 1.79. The van der Waals surface area contributed by atoms with Crippen LogP contribution in [0.4, 0.5) is 14.5 Å². The molecule has 0 amide bonds. The summed E-state index contributed by atoms with van der Waals surface area (Å²) in [6.45, 7) is 0. The van der Waals surface area contributed by atoms with Crippen molar-refractivity contribution in [2.24, 2.45) is 5.73 Å². The van der Waals surface area contributed by atoms with E-state index in [0.717, 1.165) is 18.3 Å². The number of pyridine rings is 1. The number of aromatic nitrogens is 1. The monoisotopic (exact) mass is 329 g/mol. The van der Waals surface area contributed by atoms with Crippen molar-refractivity contribution >= 4 is 32.9 Å². The Kier molecular flexibility index (Phi) is 4.14. The van der Waals surface area contributed by atoms with Crippen LogP contribution in [0.25, 0.3) is 0 Å². The number of anilines is 1. The zero-order valence-electron chi connectivity index (χ0n) is 10.4. The molecule has 0 saturated heterocycles. The van der Waals surface area contributed by atoms with E-state index in [0.29, 0.717) is 6.07 Å². The molecular formula is C12H9F2N3O2S2. The highest BCUT2D eigenvalue weighted by Gasteiger charge is 2.16.